The molecule has 0 saturated heterocycles. The van der Waals surface area contributed by atoms with Crippen molar-refractivity contribution in [2.24, 2.45) is 0 Å². The van der Waals surface area contributed by atoms with Crippen LogP contribution in [-0.4, -0.2) is 5.11 Å². The van der Waals surface area contributed by atoms with Gasteiger partial charge in [-0.3, -0.25) is 0 Å². The third-order valence-electron chi connectivity index (χ3n) is 2.22. The van der Waals surface area contributed by atoms with E-state index in [9.17, 15) is 5.11 Å². The van der Waals surface area contributed by atoms with Crippen molar-refractivity contribution in [1.29, 1.82) is 5.26 Å². The van der Waals surface area contributed by atoms with E-state index >= 15 is 0 Å². The molecule has 2 aromatic carbocycles. The zero-order chi connectivity index (χ0) is 12.3. The molecular formula is C13H10N2OS. The first-order valence-corrected chi connectivity index (χ1v) is 5.77. The molecule has 0 aliphatic rings. The van der Waals surface area contributed by atoms with Crippen LogP contribution in [0.2, 0.25) is 0 Å². The Hall–Kier alpha value is -2.12. The van der Waals surface area contributed by atoms with Crippen molar-refractivity contribution in [1.82, 2.24) is 0 Å². The van der Waals surface area contributed by atoms with Gasteiger partial charge in [-0.15, -0.1) is 0 Å². The number of aromatic hydroxyl groups is 1. The van der Waals surface area contributed by atoms with E-state index < -0.39 is 0 Å². The highest BCUT2D eigenvalue weighted by Crippen LogP contribution is 2.32. The van der Waals surface area contributed by atoms with Crippen molar-refractivity contribution in [2.45, 2.75) is 9.79 Å². The third kappa shape index (κ3) is 2.71. The molecule has 3 N–H and O–H groups in total. The number of hydrogen-bond donors (Lipinski definition) is 2. The predicted octanol–water partition coefficient (Wildman–Crippen LogP) is 3.00. The number of nitrogens with two attached hydrogens (primary N) is 1. The topological polar surface area (TPSA) is 70.0 Å². The van der Waals surface area contributed by atoms with Crippen molar-refractivity contribution in [3.63, 3.8) is 0 Å². The highest BCUT2D eigenvalue weighted by Gasteiger charge is 2.01. The number of rotatable bonds is 2. The SMILES string of the molecule is N#Cc1ccc(Sc2ccc(N)c(O)c2)cc1. The normalized spacial score (nSPS) is 9.82. The first-order valence-electron chi connectivity index (χ1n) is 4.95. The fourth-order valence-corrected chi connectivity index (χ4v) is 2.17. The molecule has 0 fully saturated rings. The molecule has 17 heavy (non-hydrogen) atoms. The minimum Gasteiger partial charge on any atom is -0.506 e. The van der Waals surface area contributed by atoms with Gasteiger partial charge < -0.3 is 10.8 Å². The van der Waals surface area contributed by atoms with Gasteiger partial charge in [0, 0.05) is 9.79 Å². The Morgan fingerprint density at radius 2 is 1.71 bits per heavy atom. The zero-order valence-electron chi connectivity index (χ0n) is 8.92. The number of phenols is 1. The molecule has 0 amide bonds. The summed E-state index contributed by atoms with van der Waals surface area (Å²) in [5.74, 6) is 0.0867. The summed E-state index contributed by atoms with van der Waals surface area (Å²) < 4.78 is 0. The minimum absolute atomic E-state index is 0.0867. The van der Waals surface area contributed by atoms with Crippen LogP contribution in [0.5, 0.6) is 5.75 Å². The van der Waals surface area contributed by atoms with Crippen molar-refractivity contribution < 1.29 is 5.11 Å². The van der Waals surface area contributed by atoms with E-state index in [0.29, 0.717) is 11.3 Å². The number of anilines is 1. The number of nitrogen functional groups attached to an aromatic ring is 1. The van der Waals surface area contributed by atoms with E-state index in [0.717, 1.165) is 9.79 Å². The van der Waals surface area contributed by atoms with Gasteiger partial charge in [0.25, 0.3) is 0 Å². The Kier molecular flexibility index (Phi) is 3.22. The van der Waals surface area contributed by atoms with Crippen LogP contribution in [0.4, 0.5) is 5.69 Å². The van der Waals surface area contributed by atoms with Crippen molar-refractivity contribution >= 4 is 17.4 Å². The van der Waals surface area contributed by atoms with Gasteiger partial charge in [-0.05, 0) is 42.5 Å². The molecule has 0 aromatic heterocycles. The average Bonchev–Trinajstić information content (AvgIpc) is 2.35. The van der Waals surface area contributed by atoms with Gasteiger partial charge in [-0.1, -0.05) is 11.8 Å². The van der Waals surface area contributed by atoms with Crippen molar-refractivity contribution in [3.8, 4) is 11.8 Å². The van der Waals surface area contributed by atoms with Crippen LogP contribution >= 0.6 is 11.8 Å². The fraction of sp³-hybridized carbons (Fsp3) is 0. The summed E-state index contributed by atoms with van der Waals surface area (Å²) in [6, 6.07) is 14.5. The van der Waals surface area contributed by atoms with E-state index in [4.69, 9.17) is 11.0 Å². The number of nitriles is 1. The Labute approximate surface area is 104 Å². The Morgan fingerprint density at radius 1 is 1.06 bits per heavy atom. The third-order valence-corrected chi connectivity index (χ3v) is 3.22. The lowest BCUT2D eigenvalue weighted by Crippen LogP contribution is -1.84. The van der Waals surface area contributed by atoms with Crippen LogP contribution in [0.25, 0.3) is 0 Å². The molecule has 0 aliphatic carbocycles. The fourth-order valence-electron chi connectivity index (χ4n) is 1.32. The highest BCUT2D eigenvalue weighted by atomic mass is 32.2. The maximum atomic E-state index is 9.48. The molecule has 4 heteroatoms. The molecule has 0 aliphatic heterocycles. The predicted molar refractivity (Wildman–Crippen MR) is 67.8 cm³/mol. The molecule has 0 spiro atoms. The highest BCUT2D eigenvalue weighted by molar-refractivity contribution is 7.99. The van der Waals surface area contributed by atoms with Gasteiger partial charge in [0.1, 0.15) is 5.75 Å². The van der Waals surface area contributed by atoms with Gasteiger partial charge in [0.2, 0.25) is 0 Å². The number of hydrogen-bond acceptors (Lipinski definition) is 4. The van der Waals surface area contributed by atoms with Crippen LogP contribution in [0.15, 0.2) is 52.3 Å². The van der Waals surface area contributed by atoms with Crippen LogP contribution < -0.4 is 5.73 Å². The van der Waals surface area contributed by atoms with Gasteiger partial charge in [0.05, 0.1) is 17.3 Å². The smallest absolute Gasteiger partial charge is 0.139 e. The van der Waals surface area contributed by atoms with E-state index in [-0.39, 0.29) is 5.75 Å². The Morgan fingerprint density at radius 3 is 2.29 bits per heavy atom. The lowest BCUT2D eigenvalue weighted by atomic mass is 10.2. The van der Waals surface area contributed by atoms with Crippen LogP contribution in [0.3, 0.4) is 0 Å². The maximum absolute atomic E-state index is 9.48. The van der Waals surface area contributed by atoms with E-state index in [1.165, 1.54) is 11.8 Å². The van der Waals surface area contributed by atoms with E-state index in [2.05, 4.69) is 6.07 Å². The molecule has 0 unspecified atom stereocenters. The summed E-state index contributed by atoms with van der Waals surface area (Å²) in [4.78, 5) is 1.91. The summed E-state index contributed by atoms with van der Waals surface area (Å²) >= 11 is 1.50. The van der Waals surface area contributed by atoms with Crippen molar-refractivity contribution in [3.05, 3.63) is 48.0 Å². The molecule has 3 nitrogen and oxygen atoms in total. The zero-order valence-corrected chi connectivity index (χ0v) is 9.74. The summed E-state index contributed by atoms with van der Waals surface area (Å²) in [6.07, 6.45) is 0. The summed E-state index contributed by atoms with van der Waals surface area (Å²) in [5.41, 5.74) is 6.53. The molecule has 2 rings (SSSR count). The molecule has 0 atom stereocenters. The minimum atomic E-state index is 0.0867. The number of phenolic OH excluding ortho intramolecular Hbond substituents is 1. The second-order valence-electron chi connectivity index (χ2n) is 3.46. The van der Waals surface area contributed by atoms with Crippen molar-refractivity contribution in [2.75, 3.05) is 5.73 Å². The van der Waals surface area contributed by atoms with Gasteiger partial charge in [-0.25, -0.2) is 0 Å². The summed E-state index contributed by atoms with van der Waals surface area (Å²) in [6.45, 7) is 0. The van der Waals surface area contributed by atoms with Gasteiger partial charge in [-0.2, -0.15) is 5.26 Å². The van der Waals surface area contributed by atoms with Gasteiger partial charge >= 0.3 is 0 Å². The number of benzene rings is 2. The van der Waals surface area contributed by atoms with Crippen LogP contribution in [0, 0.1) is 11.3 Å². The molecule has 84 valence electrons. The lowest BCUT2D eigenvalue weighted by Gasteiger charge is -2.04. The Bertz CT molecular complexity index is 573. The second-order valence-corrected chi connectivity index (χ2v) is 4.61. The molecule has 0 bridgehead atoms. The summed E-state index contributed by atoms with van der Waals surface area (Å²) in [5, 5.41) is 18.2. The van der Waals surface area contributed by atoms with Crippen LogP contribution in [0.1, 0.15) is 5.56 Å². The Balaban J connectivity index is 2.20. The first-order chi connectivity index (χ1) is 8.19. The maximum Gasteiger partial charge on any atom is 0.139 e. The quantitative estimate of drug-likeness (QED) is 0.627. The first kappa shape index (κ1) is 11.4. The molecule has 0 heterocycles. The molecular weight excluding hydrogens is 232 g/mol. The van der Waals surface area contributed by atoms with E-state index in [1.807, 2.05) is 18.2 Å². The largest absolute Gasteiger partial charge is 0.506 e. The second kappa shape index (κ2) is 4.81. The van der Waals surface area contributed by atoms with Gasteiger partial charge in [0.15, 0.2) is 0 Å². The molecule has 0 radical (unpaired) electrons. The molecule has 0 saturated carbocycles. The number of nitrogens with zero attached hydrogens (tertiary/aromatic N) is 1. The molecule has 2 aromatic rings. The summed E-state index contributed by atoms with van der Waals surface area (Å²) in [7, 11) is 0. The average molecular weight is 242 g/mol. The lowest BCUT2D eigenvalue weighted by molar-refractivity contribution is 0.476. The monoisotopic (exact) mass is 242 g/mol. The van der Waals surface area contributed by atoms with E-state index in [1.54, 1.807) is 24.3 Å². The standard InChI is InChI=1S/C13H10N2OS/c14-8-9-1-3-10(4-2-9)17-11-5-6-12(15)13(16)7-11/h1-7,16H,15H2. The van der Waals surface area contributed by atoms with Crippen LogP contribution in [-0.2, 0) is 0 Å².